The minimum Gasteiger partial charge on any atom is -0.329 e. The second-order valence-electron chi connectivity index (χ2n) is 3.01. The van der Waals surface area contributed by atoms with E-state index in [9.17, 15) is 8.78 Å². The lowest BCUT2D eigenvalue weighted by Crippen LogP contribution is -2.21. The molecule has 4 heteroatoms. The van der Waals surface area contributed by atoms with E-state index < -0.39 is 6.43 Å². The van der Waals surface area contributed by atoms with Crippen LogP contribution in [0.4, 0.5) is 8.78 Å². The Kier molecular flexibility index (Phi) is 4.49. The van der Waals surface area contributed by atoms with Gasteiger partial charge in [-0.05, 0) is 11.6 Å². The monoisotopic (exact) mass is 200 g/mol. The summed E-state index contributed by atoms with van der Waals surface area (Å²) in [6, 6.07) is 6.39. The Hall–Kier alpha value is -1.00. The molecule has 0 saturated carbocycles. The summed E-state index contributed by atoms with van der Waals surface area (Å²) in [6.07, 6.45) is -2.40. The van der Waals surface area contributed by atoms with Crippen LogP contribution in [-0.2, 0) is 6.54 Å². The minimum absolute atomic E-state index is 0.0667. The Labute approximate surface area is 82.1 Å². The molecule has 0 heterocycles. The SMILES string of the molecule is NCCNCc1cccc(C(F)F)c1. The lowest BCUT2D eigenvalue weighted by atomic mass is 10.1. The number of benzene rings is 1. The van der Waals surface area contributed by atoms with E-state index in [1.165, 1.54) is 12.1 Å². The summed E-state index contributed by atoms with van der Waals surface area (Å²) in [5, 5.41) is 3.05. The molecule has 78 valence electrons. The molecular formula is C10H14F2N2. The van der Waals surface area contributed by atoms with Gasteiger partial charge in [0.05, 0.1) is 0 Å². The first-order valence-electron chi connectivity index (χ1n) is 4.52. The average Bonchev–Trinajstić information content (AvgIpc) is 2.19. The molecule has 0 aromatic heterocycles. The molecular weight excluding hydrogens is 186 g/mol. The van der Waals surface area contributed by atoms with Gasteiger partial charge in [-0.1, -0.05) is 18.2 Å². The van der Waals surface area contributed by atoms with Gasteiger partial charge in [0, 0.05) is 25.2 Å². The molecule has 0 spiro atoms. The first-order chi connectivity index (χ1) is 6.74. The first kappa shape index (κ1) is 11.1. The van der Waals surface area contributed by atoms with Crippen LogP contribution < -0.4 is 11.1 Å². The summed E-state index contributed by atoms with van der Waals surface area (Å²) < 4.78 is 24.6. The van der Waals surface area contributed by atoms with Crippen LogP contribution in [0.25, 0.3) is 0 Å². The second-order valence-corrected chi connectivity index (χ2v) is 3.01. The lowest BCUT2D eigenvalue weighted by molar-refractivity contribution is 0.151. The Morgan fingerprint density at radius 2 is 2.14 bits per heavy atom. The van der Waals surface area contributed by atoms with E-state index in [1.807, 2.05) is 6.07 Å². The van der Waals surface area contributed by atoms with Crippen molar-refractivity contribution in [1.82, 2.24) is 5.32 Å². The molecule has 0 aliphatic rings. The van der Waals surface area contributed by atoms with Crippen molar-refractivity contribution in [2.75, 3.05) is 13.1 Å². The molecule has 14 heavy (non-hydrogen) atoms. The van der Waals surface area contributed by atoms with Gasteiger partial charge in [-0.2, -0.15) is 0 Å². The van der Waals surface area contributed by atoms with Crippen molar-refractivity contribution in [2.24, 2.45) is 5.73 Å². The third-order valence-electron chi connectivity index (χ3n) is 1.85. The predicted molar refractivity (Wildman–Crippen MR) is 52.2 cm³/mol. The molecule has 0 atom stereocenters. The molecule has 0 aliphatic heterocycles. The smallest absolute Gasteiger partial charge is 0.263 e. The van der Waals surface area contributed by atoms with Crippen LogP contribution in [0.15, 0.2) is 24.3 Å². The molecule has 3 N–H and O–H groups in total. The number of halogens is 2. The minimum atomic E-state index is -2.40. The molecule has 0 aliphatic carbocycles. The number of nitrogens with one attached hydrogen (secondary N) is 1. The summed E-state index contributed by atoms with van der Waals surface area (Å²) in [4.78, 5) is 0. The molecule has 0 fully saturated rings. The van der Waals surface area contributed by atoms with Crippen LogP contribution in [0, 0.1) is 0 Å². The average molecular weight is 200 g/mol. The zero-order chi connectivity index (χ0) is 10.4. The summed E-state index contributed by atoms with van der Waals surface area (Å²) in [5.41, 5.74) is 6.21. The van der Waals surface area contributed by atoms with Gasteiger partial charge < -0.3 is 11.1 Å². The van der Waals surface area contributed by atoms with Gasteiger partial charge in [-0.25, -0.2) is 8.78 Å². The van der Waals surface area contributed by atoms with E-state index in [-0.39, 0.29) is 5.56 Å². The second kappa shape index (κ2) is 5.67. The number of hydrogen-bond donors (Lipinski definition) is 2. The predicted octanol–water partition coefficient (Wildman–Crippen LogP) is 1.67. The van der Waals surface area contributed by atoms with Crippen LogP contribution >= 0.6 is 0 Å². The van der Waals surface area contributed by atoms with Crippen molar-refractivity contribution < 1.29 is 8.78 Å². The number of hydrogen-bond acceptors (Lipinski definition) is 2. The van der Waals surface area contributed by atoms with E-state index in [0.29, 0.717) is 19.6 Å². The first-order valence-corrected chi connectivity index (χ1v) is 4.52. The van der Waals surface area contributed by atoms with Gasteiger partial charge in [-0.3, -0.25) is 0 Å². The highest BCUT2D eigenvalue weighted by atomic mass is 19.3. The molecule has 0 saturated heterocycles. The molecule has 0 amide bonds. The third kappa shape index (κ3) is 3.40. The number of nitrogens with two attached hydrogens (primary N) is 1. The topological polar surface area (TPSA) is 38.0 Å². The van der Waals surface area contributed by atoms with Crippen molar-refractivity contribution in [1.29, 1.82) is 0 Å². The van der Waals surface area contributed by atoms with E-state index in [2.05, 4.69) is 5.32 Å². The summed E-state index contributed by atoms with van der Waals surface area (Å²) in [5.74, 6) is 0. The van der Waals surface area contributed by atoms with Crippen LogP contribution in [-0.4, -0.2) is 13.1 Å². The van der Waals surface area contributed by atoms with Gasteiger partial charge in [-0.15, -0.1) is 0 Å². The van der Waals surface area contributed by atoms with Crippen LogP contribution in [0.5, 0.6) is 0 Å². The zero-order valence-electron chi connectivity index (χ0n) is 7.84. The van der Waals surface area contributed by atoms with Crippen molar-refractivity contribution in [3.8, 4) is 0 Å². The van der Waals surface area contributed by atoms with E-state index in [0.717, 1.165) is 5.56 Å². The van der Waals surface area contributed by atoms with E-state index in [1.54, 1.807) is 6.07 Å². The molecule has 0 unspecified atom stereocenters. The van der Waals surface area contributed by atoms with E-state index >= 15 is 0 Å². The van der Waals surface area contributed by atoms with Gasteiger partial charge >= 0.3 is 0 Å². The zero-order valence-corrected chi connectivity index (χ0v) is 7.84. The molecule has 0 bridgehead atoms. The molecule has 1 aromatic carbocycles. The summed E-state index contributed by atoms with van der Waals surface area (Å²) in [6.45, 7) is 1.82. The number of alkyl halides is 2. The van der Waals surface area contributed by atoms with Crippen molar-refractivity contribution in [2.45, 2.75) is 13.0 Å². The quantitative estimate of drug-likeness (QED) is 0.709. The maximum absolute atomic E-state index is 12.3. The molecule has 2 nitrogen and oxygen atoms in total. The van der Waals surface area contributed by atoms with Crippen LogP contribution in [0.3, 0.4) is 0 Å². The number of rotatable bonds is 5. The highest BCUT2D eigenvalue weighted by Gasteiger charge is 2.06. The molecule has 1 rings (SSSR count). The lowest BCUT2D eigenvalue weighted by Gasteiger charge is -2.05. The van der Waals surface area contributed by atoms with Gasteiger partial charge in [0.15, 0.2) is 0 Å². The fourth-order valence-electron chi connectivity index (χ4n) is 1.17. The molecule has 0 radical (unpaired) electrons. The highest BCUT2D eigenvalue weighted by Crippen LogP contribution is 2.19. The fourth-order valence-corrected chi connectivity index (χ4v) is 1.17. The van der Waals surface area contributed by atoms with Gasteiger partial charge in [0.2, 0.25) is 0 Å². The summed E-state index contributed by atoms with van der Waals surface area (Å²) >= 11 is 0. The molecule has 1 aromatic rings. The third-order valence-corrected chi connectivity index (χ3v) is 1.85. The van der Waals surface area contributed by atoms with Gasteiger partial charge in [0.1, 0.15) is 0 Å². The van der Waals surface area contributed by atoms with Crippen molar-refractivity contribution >= 4 is 0 Å². The largest absolute Gasteiger partial charge is 0.329 e. The van der Waals surface area contributed by atoms with Gasteiger partial charge in [0.25, 0.3) is 6.43 Å². The Bertz CT molecular complexity index is 277. The Morgan fingerprint density at radius 1 is 1.36 bits per heavy atom. The van der Waals surface area contributed by atoms with Crippen molar-refractivity contribution in [3.05, 3.63) is 35.4 Å². The maximum atomic E-state index is 12.3. The highest BCUT2D eigenvalue weighted by molar-refractivity contribution is 5.24. The van der Waals surface area contributed by atoms with Crippen molar-refractivity contribution in [3.63, 3.8) is 0 Å². The maximum Gasteiger partial charge on any atom is 0.263 e. The summed E-state index contributed by atoms with van der Waals surface area (Å²) in [7, 11) is 0. The van der Waals surface area contributed by atoms with E-state index in [4.69, 9.17) is 5.73 Å². The Balaban J connectivity index is 2.55. The van der Waals surface area contributed by atoms with Crippen LogP contribution in [0.1, 0.15) is 17.6 Å². The normalized spacial score (nSPS) is 10.9. The van der Waals surface area contributed by atoms with Crippen LogP contribution in [0.2, 0.25) is 0 Å². The Morgan fingerprint density at radius 3 is 2.79 bits per heavy atom. The standard InChI is InChI=1S/C10H14F2N2/c11-10(12)9-3-1-2-8(6-9)7-14-5-4-13/h1-3,6,10,14H,4-5,7,13H2. The fraction of sp³-hybridized carbons (Fsp3) is 0.400.